The summed E-state index contributed by atoms with van der Waals surface area (Å²) in [5.74, 6) is -0.608. The van der Waals surface area contributed by atoms with Gasteiger partial charge in [-0.25, -0.2) is 8.42 Å². The number of carbonyl (C=O) groups excluding carboxylic acids is 1. The van der Waals surface area contributed by atoms with Crippen LogP contribution in [-0.4, -0.2) is 25.5 Å². The number of amides is 1. The molecule has 0 aliphatic rings. The molecular weight excluding hydrogens is 356 g/mol. The number of nitro groups is 1. The number of hydrogen-bond acceptors (Lipinski definition) is 5. The van der Waals surface area contributed by atoms with Crippen LogP contribution in [0.5, 0.6) is 0 Å². The van der Waals surface area contributed by atoms with Crippen LogP contribution in [0, 0.1) is 17.0 Å². The molecule has 1 N–H and O–H groups in total. The first-order chi connectivity index (χ1) is 11.1. The van der Waals surface area contributed by atoms with Crippen LogP contribution in [0.15, 0.2) is 41.3 Å². The molecule has 0 saturated carbocycles. The third-order valence-corrected chi connectivity index (χ3v) is 4.89. The molecule has 0 radical (unpaired) electrons. The first-order valence-corrected chi connectivity index (χ1v) is 8.93. The molecule has 0 aromatic heterocycles. The van der Waals surface area contributed by atoms with Gasteiger partial charge in [0.2, 0.25) is 0 Å². The predicted octanol–water partition coefficient (Wildman–Crippen LogP) is 3.21. The van der Waals surface area contributed by atoms with Crippen molar-refractivity contribution in [2.45, 2.75) is 11.8 Å². The average Bonchev–Trinajstić information content (AvgIpc) is 2.50. The minimum absolute atomic E-state index is 0.0338. The van der Waals surface area contributed by atoms with Gasteiger partial charge >= 0.3 is 0 Å². The molecule has 0 unspecified atom stereocenters. The smallest absolute Gasteiger partial charge is 0.288 e. The van der Waals surface area contributed by atoms with Crippen molar-refractivity contribution in [3.8, 4) is 0 Å². The Morgan fingerprint density at radius 2 is 1.92 bits per heavy atom. The topological polar surface area (TPSA) is 106 Å². The standard InChI is InChI=1S/C15H13ClN2O5S/c1-9-11(16)4-3-5-12(9)17-15(19)10-6-7-14(24(2,22)23)13(8-10)18(20)21/h3-8H,1-2H3,(H,17,19). The molecule has 0 bridgehead atoms. The molecule has 9 heteroatoms. The highest BCUT2D eigenvalue weighted by Gasteiger charge is 2.24. The van der Waals surface area contributed by atoms with Crippen molar-refractivity contribution in [3.05, 3.63) is 62.7 Å². The number of anilines is 1. The lowest BCUT2D eigenvalue weighted by Gasteiger charge is -2.10. The van der Waals surface area contributed by atoms with E-state index in [-0.39, 0.29) is 5.56 Å². The lowest BCUT2D eigenvalue weighted by molar-refractivity contribution is -0.387. The molecule has 0 aliphatic carbocycles. The number of rotatable bonds is 4. The molecule has 126 valence electrons. The predicted molar refractivity (Wildman–Crippen MR) is 90.3 cm³/mol. The maximum atomic E-state index is 12.3. The van der Waals surface area contributed by atoms with Gasteiger partial charge in [0.25, 0.3) is 11.6 Å². The Kier molecular flexibility index (Phi) is 4.91. The maximum Gasteiger partial charge on any atom is 0.288 e. The Bertz CT molecular complexity index is 941. The lowest BCUT2D eigenvalue weighted by atomic mass is 10.1. The Balaban J connectivity index is 2.42. The molecule has 0 heterocycles. The Hall–Kier alpha value is -2.45. The monoisotopic (exact) mass is 368 g/mol. The van der Waals surface area contributed by atoms with Crippen molar-refractivity contribution in [2.24, 2.45) is 0 Å². The van der Waals surface area contributed by atoms with Gasteiger partial charge in [0, 0.05) is 28.6 Å². The van der Waals surface area contributed by atoms with E-state index in [0.29, 0.717) is 16.3 Å². The van der Waals surface area contributed by atoms with Crippen LogP contribution in [0.4, 0.5) is 11.4 Å². The summed E-state index contributed by atoms with van der Waals surface area (Å²) in [6, 6.07) is 8.16. The third-order valence-electron chi connectivity index (χ3n) is 3.33. The summed E-state index contributed by atoms with van der Waals surface area (Å²) in [7, 11) is -3.78. The van der Waals surface area contributed by atoms with E-state index in [1.165, 1.54) is 6.07 Å². The molecule has 2 aromatic carbocycles. The van der Waals surface area contributed by atoms with E-state index < -0.39 is 31.3 Å². The summed E-state index contributed by atoms with van der Waals surface area (Å²) in [5, 5.41) is 14.2. The SMILES string of the molecule is Cc1c(Cl)cccc1NC(=O)c1ccc(S(C)(=O)=O)c([N+](=O)[O-])c1. The van der Waals surface area contributed by atoms with Crippen molar-refractivity contribution in [1.82, 2.24) is 0 Å². The van der Waals surface area contributed by atoms with Gasteiger partial charge in [-0.1, -0.05) is 17.7 Å². The number of benzene rings is 2. The van der Waals surface area contributed by atoms with E-state index in [1.54, 1.807) is 25.1 Å². The highest BCUT2D eigenvalue weighted by Crippen LogP contribution is 2.27. The fraction of sp³-hybridized carbons (Fsp3) is 0.133. The van der Waals surface area contributed by atoms with Crippen molar-refractivity contribution in [1.29, 1.82) is 0 Å². The second-order valence-corrected chi connectivity index (χ2v) is 7.47. The molecule has 0 atom stereocenters. The van der Waals surface area contributed by atoms with Gasteiger partial charge in [-0.05, 0) is 36.8 Å². The molecule has 24 heavy (non-hydrogen) atoms. The van der Waals surface area contributed by atoms with Gasteiger partial charge in [0.15, 0.2) is 9.84 Å². The summed E-state index contributed by atoms with van der Waals surface area (Å²) >= 11 is 5.97. The van der Waals surface area contributed by atoms with Crippen LogP contribution in [0.25, 0.3) is 0 Å². The van der Waals surface area contributed by atoms with Gasteiger partial charge in [-0.3, -0.25) is 14.9 Å². The average molecular weight is 369 g/mol. The Morgan fingerprint density at radius 1 is 1.25 bits per heavy atom. The first-order valence-electron chi connectivity index (χ1n) is 6.66. The van der Waals surface area contributed by atoms with Gasteiger partial charge in [0.1, 0.15) is 4.90 Å². The number of carbonyl (C=O) groups is 1. The third kappa shape index (κ3) is 3.72. The molecular formula is C15H13ClN2O5S. The summed E-state index contributed by atoms with van der Waals surface area (Å²) in [5.41, 5.74) is 0.429. The first kappa shape index (κ1) is 17.9. The van der Waals surface area contributed by atoms with Gasteiger partial charge in [-0.2, -0.15) is 0 Å². The molecule has 1 amide bonds. The zero-order valence-corrected chi connectivity index (χ0v) is 14.3. The summed E-state index contributed by atoms with van der Waals surface area (Å²) in [6.45, 7) is 1.72. The van der Waals surface area contributed by atoms with Gasteiger partial charge < -0.3 is 5.32 Å². The maximum absolute atomic E-state index is 12.3. The number of nitro benzene ring substituents is 1. The van der Waals surface area contributed by atoms with E-state index in [2.05, 4.69) is 5.32 Å². The summed E-state index contributed by atoms with van der Waals surface area (Å²) in [4.78, 5) is 22.1. The number of sulfone groups is 1. The molecule has 0 saturated heterocycles. The second-order valence-electron chi connectivity index (χ2n) is 5.08. The Morgan fingerprint density at radius 3 is 2.50 bits per heavy atom. The van der Waals surface area contributed by atoms with Crippen LogP contribution >= 0.6 is 11.6 Å². The van der Waals surface area contributed by atoms with Crippen LogP contribution in [-0.2, 0) is 9.84 Å². The molecule has 2 aromatic rings. The highest BCUT2D eigenvalue weighted by atomic mass is 35.5. The molecule has 0 fully saturated rings. The normalized spacial score (nSPS) is 11.1. The van der Waals surface area contributed by atoms with E-state index in [9.17, 15) is 23.3 Å². The zero-order chi connectivity index (χ0) is 18.1. The molecule has 7 nitrogen and oxygen atoms in total. The summed E-state index contributed by atoms with van der Waals surface area (Å²) < 4.78 is 23.2. The molecule has 0 spiro atoms. The zero-order valence-electron chi connectivity index (χ0n) is 12.7. The number of nitrogens with zero attached hydrogens (tertiary/aromatic N) is 1. The van der Waals surface area contributed by atoms with Crippen molar-refractivity contribution in [3.63, 3.8) is 0 Å². The lowest BCUT2D eigenvalue weighted by Crippen LogP contribution is -2.14. The van der Waals surface area contributed by atoms with E-state index in [0.717, 1.165) is 18.4 Å². The van der Waals surface area contributed by atoms with E-state index >= 15 is 0 Å². The van der Waals surface area contributed by atoms with Crippen molar-refractivity contribution in [2.75, 3.05) is 11.6 Å². The van der Waals surface area contributed by atoms with Crippen molar-refractivity contribution >= 4 is 38.7 Å². The van der Waals surface area contributed by atoms with Crippen LogP contribution in [0.3, 0.4) is 0 Å². The van der Waals surface area contributed by atoms with Gasteiger partial charge in [-0.15, -0.1) is 0 Å². The van der Waals surface area contributed by atoms with Crippen molar-refractivity contribution < 1.29 is 18.1 Å². The number of nitrogens with one attached hydrogen (secondary N) is 1. The minimum atomic E-state index is -3.78. The molecule has 2 rings (SSSR count). The Labute approximate surface area is 143 Å². The van der Waals surface area contributed by atoms with Crippen LogP contribution < -0.4 is 5.32 Å². The largest absolute Gasteiger partial charge is 0.322 e. The van der Waals surface area contributed by atoms with E-state index in [4.69, 9.17) is 11.6 Å². The second kappa shape index (κ2) is 6.58. The van der Waals surface area contributed by atoms with Gasteiger partial charge in [0.05, 0.1) is 4.92 Å². The number of halogens is 1. The van der Waals surface area contributed by atoms with Crippen LogP contribution in [0.2, 0.25) is 5.02 Å². The number of hydrogen-bond donors (Lipinski definition) is 1. The van der Waals surface area contributed by atoms with Crippen LogP contribution in [0.1, 0.15) is 15.9 Å². The highest BCUT2D eigenvalue weighted by molar-refractivity contribution is 7.90. The minimum Gasteiger partial charge on any atom is -0.322 e. The fourth-order valence-corrected chi connectivity index (χ4v) is 3.06. The summed E-state index contributed by atoms with van der Waals surface area (Å²) in [6.07, 6.45) is 0.865. The quantitative estimate of drug-likeness (QED) is 0.658. The fourth-order valence-electron chi connectivity index (χ4n) is 2.05. The van der Waals surface area contributed by atoms with E-state index in [1.807, 2.05) is 0 Å². The molecule has 0 aliphatic heterocycles.